The Balaban J connectivity index is 1.81. The first-order chi connectivity index (χ1) is 11.6. The molecule has 4 rings (SSSR count). The van der Waals surface area contributed by atoms with Crippen LogP contribution in [0.3, 0.4) is 0 Å². The smallest absolute Gasteiger partial charge is 0.223 e. The van der Waals surface area contributed by atoms with Crippen LogP contribution < -0.4 is 11.1 Å². The highest BCUT2D eigenvalue weighted by Crippen LogP contribution is 2.32. The molecule has 2 aromatic carbocycles. The van der Waals surface area contributed by atoms with Crippen molar-refractivity contribution in [2.75, 3.05) is 11.1 Å². The van der Waals surface area contributed by atoms with Crippen LogP contribution in [0, 0.1) is 6.92 Å². The Morgan fingerprint density at radius 3 is 2.88 bits per heavy atom. The van der Waals surface area contributed by atoms with Crippen LogP contribution >= 0.6 is 0 Å². The fourth-order valence-electron chi connectivity index (χ4n) is 2.94. The third-order valence-corrected chi connectivity index (χ3v) is 3.99. The molecular weight excluding hydrogens is 302 g/mol. The second-order valence-electron chi connectivity index (χ2n) is 5.85. The van der Waals surface area contributed by atoms with Crippen molar-refractivity contribution in [1.29, 1.82) is 0 Å². The fraction of sp³-hybridized carbons (Fsp3) is 0.111. The van der Waals surface area contributed by atoms with Crippen LogP contribution in [0.25, 0.3) is 21.9 Å². The molecule has 0 spiro atoms. The zero-order chi connectivity index (χ0) is 16.7. The van der Waals surface area contributed by atoms with E-state index in [1.54, 1.807) is 12.1 Å². The average Bonchev–Trinajstić information content (AvgIpc) is 2.90. The predicted octanol–water partition coefficient (Wildman–Crippen LogP) is 3.32. The normalized spacial score (nSPS) is 11.2. The van der Waals surface area contributed by atoms with E-state index in [-0.39, 0.29) is 11.7 Å². The number of fused-ring (bicyclic) bond motifs is 3. The van der Waals surface area contributed by atoms with Gasteiger partial charge in [-0.1, -0.05) is 29.8 Å². The Labute approximate surface area is 138 Å². The van der Waals surface area contributed by atoms with Gasteiger partial charge in [0, 0.05) is 17.4 Å². The number of hydrogen-bond acceptors (Lipinski definition) is 5. The molecule has 0 unspecified atom stereocenters. The lowest BCUT2D eigenvalue weighted by atomic mass is 10.1. The topological polar surface area (TPSA) is 99.9 Å². The number of aryl methyl sites for hydroxylation is 1. The van der Waals surface area contributed by atoms with Gasteiger partial charge in [-0.05, 0) is 30.7 Å². The summed E-state index contributed by atoms with van der Waals surface area (Å²) in [6.07, 6.45) is 0. The monoisotopic (exact) mass is 319 g/mol. The number of aromatic nitrogens is 3. The second kappa shape index (κ2) is 5.42. The SMILES string of the molecule is Cc1cccc(CNc2nc(N)nc3[nH]c4ccc(O)cc4c23)c1. The van der Waals surface area contributed by atoms with E-state index < -0.39 is 0 Å². The highest BCUT2D eigenvalue weighted by Gasteiger charge is 2.13. The first-order valence-electron chi connectivity index (χ1n) is 7.67. The fourth-order valence-corrected chi connectivity index (χ4v) is 2.94. The lowest BCUT2D eigenvalue weighted by Gasteiger charge is -2.08. The van der Waals surface area contributed by atoms with E-state index in [1.807, 2.05) is 12.1 Å². The maximum atomic E-state index is 9.79. The number of hydrogen-bond donors (Lipinski definition) is 4. The molecule has 0 bridgehead atoms. The number of nitrogen functional groups attached to an aromatic ring is 1. The molecule has 0 radical (unpaired) electrons. The minimum Gasteiger partial charge on any atom is -0.508 e. The maximum Gasteiger partial charge on any atom is 0.223 e. The van der Waals surface area contributed by atoms with E-state index in [1.165, 1.54) is 5.56 Å². The lowest BCUT2D eigenvalue weighted by molar-refractivity contribution is 0.476. The van der Waals surface area contributed by atoms with Gasteiger partial charge in [-0.3, -0.25) is 0 Å². The van der Waals surface area contributed by atoms with E-state index in [0.29, 0.717) is 18.0 Å². The summed E-state index contributed by atoms with van der Waals surface area (Å²) in [5.74, 6) is 1.05. The van der Waals surface area contributed by atoms with Gasteiger partial charge in [-0.2, -0.15) is 9.97 Å². The number of nitrogens with one attached hydrogen (secondary N) is 2. The molecule has 0 saturated carbocycles. The Bertz CT molecular complexity index is 1050. The molecule has 0 amide bonds. The van der Waals surface area contributed by atoms with Crippen LogP contribution in [0.2, 0.25) is 0 Å². The van der Waals surface area contributed by atoms with Crippen LogP contribution in [0.15, 0.2) is 42.5 Å². The van der Waals surface area contributed by atoms with Gasteiger partial charge in [0.05, 0.1) is 5.39 Å². The van der Waals surface area contributed by atoms with Crippen LogP contribution in [0.5, 0.6) is 5.75 Å². The molecule has 6 nitrogen and oxygen atoms in total. The summed E-state index contributed by atoms with van der Waals surface area (Å²) in [5, 5.41) is 14.8. The average molecular weight is 319 g/mol. The Morgan fingerprint density at radius 2 is 2.04 bits per heavy atom. The summed E-state index contributed by atoms with van der Waals surface area (Å²) >= 11 is 0. The van der Waals surface area contributed by atoms with E-state index in [4.69, 9.17) is 5.73 Å². The molecule has 4 aromatic rings. The highest BCUT2D eigenvalue weighted by molar-refractivity contribution is 6.11. The van der Waals surface area contributed by atoms with Crippen molar-refractivity contribution in [1.82, 2.24) is 15.0 Å². The number of rotatable bonds is 3. The number of nitrogens with zero attached hydrogens (tertiary/aromatic N) is 2. The number of phenols is 1. The molecule has 0 aliphatic rings. The van der Waals surface area contributed by atoms with E-state index in [2.05, 4.69) is 45.4 Å². The van der Waals surface area contributed by atoms with Gasteiger partial charge < -0.3 is 21.1 Å². The molecule has 0 aliphatic carbocycles. The van der Waals surface area contributed by atoms with Crippen LogP contribution in [0.4, 0.5) is 11.8 Å². The standard InChI is InChI=1S/C18H17N5O/c1-10-3-2-4-11(7-10)9-20-16-15-13-8-12(24)5-6-14(13)21-17(15)23-18(19)22-16/h2-8,24H,9H2,1H3,(H4,19,20,21,22,23). The molecule has 0 saturated heterocycles. The Morgan fingerprint density at radius 1 is 1.17 bits per heavy atom. The molecule has 5 N–H and O–H groups in total. The molecule has 2 heterocycles. The third-order valence-electron chi connectivity index (χ3n) is 3.99. The molecule has 120 valence electrons. The van der Waals surface area contributed by atoms with Crippen LogP contribution in [-0.4, -0.2) is 20.1 Å². The lowest BCUT2D eigenvalue weighted by Crippen LogP contribution is -2.05. The van der Waals surface area contributed by atoms with Gasteiger partial charge in [0.1, 0.15) is 17.2 Å². The predicted molar refractivity (Wildman–Crippen MR) is 96.0 cm³/mol. The van der Waals surface area contributed by atoms with Crippen molar-refractivity contribution in [2.45, 2.75) is 13.5 Å². The zero-order valence-corrected chi connectivity index (χ0v) is 13.2. The van der Waals surface area contributed by atoms with Gasteiger partial charge >= 0.3 is 0 Å². The minimum atomic E-state index is 0.199. The van der Waals surface area contributed by atoms with Gasteiger partial charge in [0.2, 0.25) is 5.95 Å². The van der Waals surface area contributed by atoms with E-state index in [9.17, 15) is 5.11 Å². The maximum absolute atomic E-state index is 9.79. The summed E-state index contributed by atoms with van der Waals surface area (Å²) in [4.78, 5) is 11.8. The molecule has 0 fully saturated rings. The molecule has 0 atom stereocenters. The van der Waals surface area contributed by atoms with Crippen LogP contribution in [0.1, 0.15) is 11.1 Å². The molecule has 0 aliphatic heterocycles. The van der Waals surface area contributed by atoms with Gasteiger partial charge in [0.15, 0.2) is 0 Å². The first-order valence-corrected chi connectivity index (χ1v) is 7.67. The van der Waals surface area contributed by atoms with Crippen molar-refractivity contribution < 1.29 is 5.11 Å². The molecular formula is C18H17N5O. The number of benzene rings is 2. The number of aromatic amines is 1. The summed E-state index contributed by atoms with van der Waals surface area (Å²) < 4.78 is 0. The van der Waals surface area contributed by atoms with E-state index >= 15 is 0 Å². The van der Waals surface area contributed by atoms with Crippen LogP contribution in [-0.2, 0) is 6.54 Å². The first kappa shape index (κ1) is 14.3. The van der Waals surface area contributed by atoms with Gasteiger partial charge in [-0.15, -0.1) is 0 Å². The summed E-state index contributed by atoms with van der Waals surface area (Å²) in [6, 6.07) is 13.4. The number of nitrogens with two attached hydrogens (primary N) is 1. The second-order valence-corrected chi connectivity index (χ2v) is 5.85. The summed E-state index contributed by atoms with van der Waals surface area (Å²) in [7, 11) is 0. The van der Waals surface area contributed by atoms with Crippen molar-refractivity contribution in [3.05, 3.63) is 53.6 Å². The Hall–Kier alpha value is -3.28. The minimum absolute atomic E-state index is 0.199. The zero-order valence-electron chi connectivity index (χ0n) is 13.2. The molecule has 24 heavy (non-hydrogen) atoms. The third kappa shape index (κ3) is 2.48. The number of phenolic OH excluding ortho intramolecular Hbond substituents is 1. The number of aromatic hydroxyl groups is 1. The van der Waals surface area contributed by atoms with E-state index in [0.717, 1.165) is 21.9 Å². The number of anilines is 2. The molecule has 6 heteroatoms. The van der Waals surface area contributed by atoms with Crippen molar-refractivity contribution in [3.8, 4) is 5.75 Å². The number of H-pyrrole nitrogens is 1. The summed E-state index contributed by atoms with van der Waals surface area (Å²) in [5.41, 5.74) is 9.72. The van der Waals surface area contributed by atoms with Crippen molar-refractivity contribution >= 4 is 33.7 Å². The van der Waals surface area contributed by atoms with Gasteiger partial charge in [0.25, 0.3) is 0 Å². The Kier molecular flexibility index (Phi) is 3.23. The van der Waals surface area contributed by atoms with Gasteiger partial charge in [-0.25, -0.2) is 0 Å². The quantitative estimate of drug-likeness (QED) is 0.464. The molecule has 2 aromatic heterocycles. The highest BCUT2D eigenvalue weighted by atomic mass is 16.3. The van der Waals surface area contributed by atoms with Crippen molar-refractivity contribution in [2.24, 2.45) is 0 Å². The largest absolute Gasteiger partial charge is 0.508 e. The van der Waals surface area contributed by atoms with Crippen molar-refractivity contribution in [3.63, 3.8) is 0 Å². The summed E-state index contributed by atoms with van der Waals surface area (Å²) in [6.45, 7) is 2.69.